The zero-order chi connectivity index (χ0) is 20.2. The SMILES string of the molecule is C[C@@H]1CN(c2ccc(C#N)c3nccnc23)C[C@H](C(=O)NC[C@@H]2COCCN2)O1. The van der Waals surface area contributed by atoms with Gasteiger partial charge >= 0.3 is 0 Å². The Morgan fingerprint density at radius 3 is 2.93 bits per heavy atom. The topological polar surface area (TPSA) is 112 Å². The Hall–Kier alpha value is -2.80. The zero-order valence-electron chi connectivity index (χ0n) is 16.3. The Balaban J connectivity index is 1.50. The van der Waals surface area contributed by atoms with Gasteiger partial charge in [0.1, 0.15) is 17.1 Å². The maximum atomic E-state index is 12.7. The second-order valence-electron chi connectivity index (χ2n) is 7.31. The van der Waals surface area contributed by atoms with Gasteiger partial charge in [0.25, 0.3) is 5.91 Å². The third-order valence-corrected chi connectivity index (χ3v) is 5.14. The van der Waals surface area contributed by atoms with Gasteiger partial charge in [-0.15, -0.1) is 0 Å². The number of anilines is 1. The van der Waals surface area contributed by atoms with Crippen molar-refractivity contribution in [1.29, 1.82) is 5.26 Å². The van der Waals surface area contributed by atoms with Gasteiger partial charge in [-0.2, -0.15) is 5.26 Å². The number of amides is 1. The van der Waals surface area contributed by atoms with Crippen LogP contribution in [0, 0.1) is 11.3 Å². The molecule has 2 aliphatic heterocycles. The van der Waals surface area contributed by atoms with E-state index < -0.39 is 6.10 Å². The molecule has 0 aliphatic carbocycles. The van der Waals surface area contributed by atoms with Crippen LogP contribution >= 0.6 is 0 Å². The first-order chi connectivity index (χ1) is 14.2. The zero-order valence-corrected chi connectivity index (χ0v) is 16.3. The number of carbonyl (C=O) groups is 1. The van der Waals surface area contributed by atoms with E-state index in [1.165, 1.54) is 0 Å². The van der Waals surface area contributed by atoms with Gasteiger partial charge in [-0.1, -0.05) is 0 Å². The van der Waals surface area contributed by atoms with Crippen molar-refractivity contribution in [3.8, 4) is 6.07 Å². The van der Waals surface area contributed by atoms with E-state index in [0.29, 0.717) is 49.4 Å². The summed E-state index contributed by atoms with van der Waals surface area (Å²) in [7, 11) is 0. The van der Waals surface area contributed by atoms with Gasteiger partial charge in [0.15, 0.2) is 6.10 Å². The maximum Gasteiger partial charge on any atom is 0.251 e. The second-order valence-corrected chi connectivity index (χ2v) is 7.31. The average Bonchev–Trinajstić information content (AvgIpc) is 2.77. The van der Waals surface area contributed by atoms with Gasteiger partial charge in [0, 0.05) is 38.1 Å². The van der Waals surface area contributed by atoms with E-state index in [4.69, 9.17) is 9.47 Å². The highest BCUT2D eigenvalue weighted by Crippen LogP contribution is 2.28. The molecule has 9 nitrogen and oxygen atoms in total. The lowest BCUT2D eigenvalue weighted by Gasteiger charge is -2.38. The standard InChI is InChI=1S/C20H24N6O3/c1-13-10-26(16-3-2-14(8-21)18-19(16)24-5-4-23-18)11-17(29-13)20(27)25-9-15-12-28-7-6-22-15/h2-5,13,15,17,22H,6-7,9-12H2,1H3,(H,25,27)/t13-,15-,17-/m1/s1. The van der Waals surface area contributed by atoms with E-state index in [1.807, 2.05) is 13.0 Å². The van der Waals surface area contributed by atoms with Crippen LogP contribution in [-0.2, 0) is 14.3 Å². The fraction of sp³-hybridized carbons (Fsp3) is 0.500. The van der Waals surface area contributed by atoms with Gasteiger partial charge in [-0.05, 0) is 19.1 Å². The van der Waals surface area contributed by atoms with Crippen molar-refractivity contribution >= 4 is 22.6 Å². The molecule has 1 amide bonds. The molecule has 3 atom stereocenters. The Morgan fingerprint density at radius 1 is 1.34 bits per heavy atom. The molecule has 0 saturated carbocycles. The molecule has 2 fully saturated rings. The summed E-state index contributed by atoms with van der Waals surface area (Å²) in [6.07, 6.45) is 2.47. The Kier molecular flexibility index (Phi) is 5.85. The molecule has 1 aromatic heterocycles. The van der Waals surface area contributed by atoms with E-state index in [2.05, 4.69) is 31.6 Å². The van der Waals surface area contributed by atoms with Crippen LogP contribution in [0.1, 0.15) is 12.5 Å². The highest BCUT2D eigenvalue weighted by molar-refractivity contribution is 5.92. The Morgan fingerprint density at radius 2 is 2.17 bits per heavy atom. The van der Waals surface area contributed by atoms with Gasteiger partial charge in [-0.3, -0.25) is 14.8 Å². The minimum absolute atomic E-state index is 0.113. The fourth-order valence-corrected chi connectivity index (χ4v) is 3.77. The largest absolute Gasteiger partial charge is 0.378 e. The minimum Gasteiger partial charge on any atom is -0.378 e. The van der Waals surface area contributed by atoms with Crippen molar-refractivity contribution in [1.82, 2.24) is 20.6 Å². The molecule has 0 unspecified atom stereocenters. The Bertz CT molecular complexity index is 924. The third-order valence-electron chi connectivity index (χ3n) is 5.14. The van der Waals surface area contributed by atoms with Gasteiger partial charge < -0.3 is 25.0 Å². The summed E-state index contributed by atoms with van der Waals surface area (Å²) in [5.41, 5.74) is 2.55. The molecule has 9 heteroatoms. The number of hydrogen-bond acceptors (Lipinski definition) is 8. The van der Waals surface area contributed by atoms with Gasteiger partial charge in [-0.25, -0.2) is 0 Å². The average molecular weight is 396 g/mol. The van der Waals surface area contributed by atoms with Crippen LogP contribution in [0.3, 0.4) is 0 Å². The number of carbonyl (C=O) groups excluding carboxylic acids is 1. The predicted molar refractivity (Wildman–Crippen MR) is 106 cm³/mol. The molecule has 4 rings (SSSR count). The normalized spacial score (nSPS) is 24.8. The molecule has 1 aromatic carbocycles. The van der Waals surface area contributed by atoms with Crippen LogP contribution < -0.4 is 15.5 Å². The smallest absolute Gasteiger partial charge is 0.251 e. The van der Waals surface area contributed by atoms with Crippen molar-refractivity contribution in [2.45, 2.75) is 25.2 Å². The molecule has 2 saturated heterocycles. The number of aromatic nitrogens is 2. The van der Waals surface area contributed by atoms with Crippen molar-refractivity contribution < 1.29 is 14.3 Å². The van der Waals surface area contributed by atoms with Crippen LogP contribution in [0.5, 0.6) is 0 Å². The van der Waals surface area contributed by atoms with Crippen LogP contribution in [-0.4, -0.2) is 73.5 Å². The summed E-state index contributed by atoms with van der Waals surface area (Å²) in [6.45, 7) is 5.55. The monoisotopic (exact) mass is 396 g/mol. The number of rotatable bonds is 4. The first-order valence-electron chi connectivity index (χ1n) is 9.78. The van der Waals surface area contributed by atoms with Crippen LogP contribution in [0.2, 0.25) is 0 Å². The number of morpholine rings is 2. The summed E-state index contributed by atoms with van der Waals surface area (Å²) in [6, 6.07) is 5.88. The van der Waals surface area contributed by atoms with Crippen molar-refractivity contribution in [3.63, 3.8) is 0 Å². The number of fused-ring (bicyclic) bond motifs is 1. The van der Waals surface area contributed by atoms with E-state index in [1.54, 1.807) is 18.5 Å². The van der Waals surface area contributed by atoms with Gasteiger partial charge in [0.2, 0.25) is 0 Å². The first kappa shape index (κ1) is 19.5. The number of nitrogens with zero attached hydrogens (tertiary/aromatic N) is 4. The maximum absolute atomic E-state index is 12.7. The third kappa shape index (κ3) is 4.29. The van der Waals surface area contributed by atoms with Crippen molar-refractivity contribution in [2.24, 2.45) is 0 Å². The van der Waals surface area contributed by atoms with E-state index in [0.717, 1.165) is 12.2 Å². The summed E-state index contributed by atoms with van der Waals surface area (Å²) < 4.78 is 11.3. The van der Waals surface area contributed by atoms with E-state index in [9.17, 15) is 10.1 Å². The van der Waals surface area contributed by atoms with Gasteiger partial charge in [0.05, 0.1) is 37.1 Å². The first-order valence-corrected chi connectivity index (χ1v) is 9.78. The van der Waals surface area contributed by atoms with E-state index in [-0.39, 0.29) is 18.1 Å². The summed E-state index contributed by atoms with van der Waals surface area (Å²) >= 11 is 0. The lowest BCUT2D eigenvalue weighted by molar-refractivity contribution is -0.137. The molecule has 152 valence electrons. The van der Waals surface area contributed by atoms with Crippen LogP contribution in [0.25, 0.3) is 11.0 Å². The highest BCUT2D eigenvalue weighted by Gasteiger charge is 2.32. The number of nitriles is 1. The molecular weight excluding hydrogens is 372 g/mol. The second kappa shape index (κ2) is 8.69. The fourth-order valence-electron chi connectivity index (χ4n) is 3.77. The molecule has 0 spiro atoms. The number of benzene rings is 1. The highest BCUT2D eigenvalue weighted by atomic mass is 16.5. The Labute approximate surface area is 169 Å². The number of hydrogen-bond donors (Lipinski definition) is 2. The molecular formula is C20H24N6O3. The van der Waals surface area contributed by atoms with Crippen molar-refractivity contribution in [3.05, 3.63) is 30.1 Å². The van der Waals surface area contributed by atoms with Crippen molar-refractivity contribution in [2.75, 3.05) is 44.3 Å². The molecule has 2 aromatic rings. The summed E-state index contributed by atoms with van der Waals surface area (Å²) in [5.74, 6) is -0.141. The number of ether oxygens (including phenoxy) is 2. The molecule has 2 aliphatic rings. The molecule has 0 bridgehead atoms. The van der Waals surface area contributed by atoms with Crippen LogP contribution in [0.4, 0.5) is 5.69 Å². The van der Waals surface area contributed by atoms with E-state index >= 15 is 0 Å². The minimum atomic E-state index is -0.592. The number of nitrogens with one attached hydrogen (secondary N) is 2. The predicted octanol–water partition coefficient (Wildman–Crippen LogP) is 0.200. The molecule has 29 heavy (non-hydrogen) atoms. The molecule has 0 radical (unpaired) electrons. The summed E-state index contributed by atoms with van der Waals surface area (Å²) in [4.78, 5) is 23.6. The lowest BCUT2D eigenvalue weighted by atomic mass is 10.1. The van der Waals surface area contributed by atoms with Crippen LogP contribution in [0.15, 0.2) is 24.5 Å². The lowest BCUT2D eigenvalue weighted by Crippen LogP contribution is -2.55. The molecule has 2 N–H and O–H groups in total. The molecule has 3 heterocycles. The quantitative estimate of drug-likeness (QED) is 0.754. The summed E-state index contributed by atoms with van der Waals surface area (Å²) in [5, 5.41) is 15.6.